The highest BCUT2D eigenvalue weighted by molar-refractivity contribution is 6.76. The molecule has 20 heteroatoms. The van der Waals surface area contributed by atoms with Crippen molar-refractivity contribution in [2.75, 3.05) is 32.8 Å². The molecule has 3 N–H and O–H groups in total. The zero-order valence-corrected chi connectivity index (χ0v) is 41.5. The highest BCUT2D eigenvalue weighted by atomic mass is 28.3. The molecule has 2 saturated heterocycles. The first-order valence-electron chi connectivity index (χ1n) is 23.6. The van der Waals surface area contributed by atoms with E-state index in [1.165, 1.54) is 6.20 Å². The fourth-order valence-electron chi connectivity index (χ4n) is 8.50. The number of rotatable bonds is 13. The maximum absolute atomic E-state index is 13.5. The molecule has 2 aromatic carbocycles. The van der Waals surface area contributed by atoms with Gasteiger partial charge in [0, 0.05) is 76.4 Å². The number of carbonyl (C=O) groups excluding carboxylic acids is 4. The summed E-state index contributed by atoms with van der Waals surface area (Å²) in [5.41, 5.74) is 4.85. The number of fused-ring (bicyclic) bond motifs is 4. The van der Waals surface area contributed by atoms with Gasteiger partial charge in [-0.15, -0.1) is 0 Å². The van der Waals surface area contributed by atoms with Crippen molar-refractivity contribution >= 4 is 75.6 Å². The van der Waals surface area contributed by atoms with E-state index >= 15 is 0 Å². The van der Waals surface area contributed by atoms with Crippen LogP contribution < -0.4 is 10.6 Å². The predicted molar refractivity (Wildman–Crippen MR) is 272 cm³/mol. The van der Waals surface area contributed by atoms with E-state index in [0.717, 1.165) is 27.6 Å². The maximum atomic E-state index is 13.5. The number of aromatic amines is 1. The lowest BCUT2D eigenvalue weighted by Crippen LogP contribution is -2.55. The van der Waals surface area contributed by atoms with Crippen LogP contribution in [0, 0.1) is 34.5 Å². The molecule has 8 heterocycles. The summed E-state index contributed by atoms with van der Waals surface area (Å²) in [5.74, 6) is -1.57. The molecule has 8 aromatic rings. The molecule has 4 amide bonds. The Bertz CT molecular complexity index is 3460. The van der Waals surface area contributed by atoms with Gasteiger partial charge in [-0.25, -0.2) is 19.9 Å². The highest BCUT2D eigenvalue weighted by Crippen LogP contribution is 2.29. The number of amides is 4. The van der Waals surface area contributed by atoms with Gasteiger partial charge in [0.25, 0.3) is 11.8 Å². The number of likely N-dealkylation sites (tertiary alicyclic amines) is 2. The Balaban J connectivity index is 0.000000182. The van der Waals surface area contributed by atoms with Crippen molar-refractivity contribution in [3.05, 3.63) is 109 Å². The molecule has 0 unspecified atom stereocenters. The van der Waals surface area contributed by atoms with Crippen LogP contribution in [0.5, 0.6) is 0 Å². The number of nitrogens with zero attached hydrogens (tertiary/aromatic N) is 11. The fourth-order valence-corrected chi connectivity index (χ4v) is 9.25. The molecule has 0 radical (unpaired) electrons. The van der Waals surface area contributed by atoms with Crippen molar-refractivity contribution in [1.29, 1.82) is 10.5 Å². The van der Waals surface area contributed by atoms with E-state index in [1.54, 1.807) is 59.2 Å². The second kappa shape index (κ2) is 20.5. The molecule has 0 aliphatic carbocycles. The number of pyridine rings is 2. The Morgan fingerprint density at radius 1 is 0.722 bits per heavy atom. The van der Waals surface area contributed by atoms with Crippen LogP contribution in [0.1, 0.15) is 34.6 Å². The van der Waals surface area contributed by atoms with Crippen LogP contribution in [0.2, 0.25) is 25.7 Å². The van der Waals surface area contributed by atoms with Gasteiger partial charge in [0.2, 0.25) is 11.8 Å². The summed E-state index contributed by atoms with van der Waals surface area (Å²) in [4.78, 5) is 85.4. The summed E-state index contributed by atoms with van der Waals surface area (Å²) in [6, 6.07) is 23.5. The quantitative estimate of drug-likeness (QED) is 0.0844. The van der Waals surface area contributed by atoms with E-state index in [0.29, 0.717) is 89.0 Å². The lowest BCUT2D eigenvalue weighted by atomic mass is 10.0. The number of benzene rings is 2. The summed E-state index contributed by atoms with van der Waals surface area (Å²) in [6.07, 6.45) is 9.95. The van der Waals surface area contributed by atoms with Gasteiger partial charge < -0.3 is 34.7 Å². The Morgan fingerprint density at radius 2 is 1.24 bits per heavy atom. The number of nitrogens with one attached hydrogen (secondary N) is 3. The van der Waals surface area contributed by atoms with Crippen molar-refractivity contribution in [3.63, 3.8) is 0 Å². The first kappa shape index (κ1) is 48.6. The van der Waals surface area contributed by atoms with Crippen LogP contribution in [0.4, 0.5) is 0 Å². The normalized spacial score (nSPS) is 14.7. The fraction of sp³-hybridized carbons (Fsp3) is 0.308. The van der Waals surface area contributed by atoms with Gasteiger partial charge in [-0.05, 0) is 42.8 Å². The third-order valence-electron chi connectivity index (χ3n) is 12.7. The molecule has 2 atom stereocenters. The van der Waals surface area contributed by atoms with Gasteiger partial charge in [-0.1, -0.05) is 68.2 Å². The molecule has 6 aromatic heterocycles. The molecule has 364 valence electrons. The molecular formula is C52H52N14O5Si. The topological polar surface area (TPSA) is 254 Å². The van der Waals surface area contributed by atoms with Gasteiger partial charge in [-0.3, -0.25) is 29.1 Å². The van der Waals surface area contributed by atoms with E-state index in [1.807, 2.05) is 60.7 Å². The SMILES string of the molecule is C[C@@H](NC(=O)c1c[nH]c2ncc(-c3nccc4ccccc34)nc12)C(=O)N1CC(C#N)C1.C[C@@H](NC(=O)c1cn(COCC[Si](C)(C)C)c2ncc(-c3nccc4ccccc34)nc12)C(=O)N1CC(C#N)C1. The second-order valence-corrected chi connectivity index (χ2v) is 24.9. The number of aromatic nitrogens is 8. The molecule has 10 rings (SSSR count). The Morgan fingerprint density at radius 3 is 1.78 bits per heavy atom. The van der Waals surface area contributed by atoms with E-state index in [4.69, 9.17) is 20.2 Å². The minimum absolute atomic E-state index is 0.133. The number of hydrogen-bond donors (Lipinski definition) is 3. The molecule has 0 saturated carbocycles. The standard InChI is InChI=1S/C29H33N7O3Si.C23H19N7O2/c1-19(29(38)35-15-20(13-30)16-35)33-28(37)23-17-36(18-39-11-12-40(2,3)4)27-26(23)34-24(14-32-27)25-22-8-6-5-7-21(22)9-10-31-25;1-13(23(32)30-11-14(8-24)12-30)28-22(31)17-9-26-21-20(17)29-18(10-27-21)19-16-5-3-2-4-15(16)6-7-25-19/h5-10,14,17,19-20H,11-12,15-16,18H2,1-4H3,(H,33,37);2-7,9-10,13-14H,11-12H2,1H3,(H,26,27)(H,28,31)/t19-;13-/m11/s1. The van der Waals surface area contributed by atoms with Gasteiger partial charge in [-0.2, -0.15) is 10.5 Å². The molecule has 2 fully saturated rings. The van der Waals surface area contributed by atoms with Crippen LogP contribution in [0.25, 0.3) is 66.6 Å². The Hall–Kier alpha value is -8.46. The number of nitriles is 2. The van der Waals surface area contributed by atoms with Crippen molar-refractivity contribution < 1.29 is 23.9 Å². The molecule has 0 bridgehead atoms. The Kier molecular flexibility index (Phi) is 13.8. The molecular weight excluding hydrogens is 929 g/mol. The predicted octanol–water partition coefficient (Wildman–Crippen LogP) is 6.33. The molecule has 72 heavy (non-hydrogen) atoms. The number of ether oxygens (including phenoxy) is 1. The zero-order chi connectivity index (χ0) is 50.7. The second-order valence-electron chi connectivity index (χ2n) is 19.2. The monoisotopic (exact) mass is 980 g/mol. The average molecular weight is 981 g/mol. The van der Waals surface area contributed by atoms with E-state index < -0.39 is 32.0 Å². The first-order valence-corrected chi connectivity index (χ1v) is 27.3. The minimum Gasteiger partial charge on any atom is -0.361 e. The number of H-pyrrole nitrogens is 1. The number of carbonyl (C=O) groups is 4. The smallest absolute Gasteiger partial charge is 0.255 e. The molecule has 19 nitrogen and oxygen atoms in total. The minimum atomic E-state index is -1.26. The van der Waals surface area contributed by atoms with E-state index in [-0.39, 0.29) is 30.4 Å². The van der Waals surface area contributed by atoms with Gasteiger partial charge in [0.15, 0.2) is 11.3 Å². The van der Waals surface area contributed by atoms with Gasteiger partial charge >= 0.3 is 0 Å². The largest absolute Gasteiger partial charge is 0.361 e. The van der Waals surface area contributed by atoms with Crippen molar-refractivity contribution in [1.82, 2.24) is 59.9 Å². The highest BCUT2D eigenvalue weighted by Gasteiger charge is 2.35. The molecule has 0 spiro atoms. The molecule has 2 aliphatic rings. The lowest BCUT2D eigenvalue weighted by molar-refractivity contribution is -0.138. The summed E-state index contributed by atoms with van der Waals surface area (Å²) in [7, 11) is -1.26. The average Bonchev–Trinajstić information content (AvgIpc) is 3.95. The van der Waals surface area contributed by atoms with E-state index in [2.05, 4.69) is 72.3 Å². The zero-order valence-electron chi connectivity index (χ0n) is 40.5. The van der Waals surface area contributed by atoms with Gasteiger partial charge in [0.05, 0.1) is 58.9 Å². The van der Waals surface area contributed by atoms with Crippen LogP contribution in [0.3, 0.4) is 0 Å². The van der Waals surface area contributed by atoms with Crippen LogP contribution in [-0.4, -0.2) is 126 Å². The third-order valence-corrected chi connectivity index (χ3v) is 14.4. The summed E-state index contributed by atoms with van der Waals surface area (Å²) < 4.78 is 7.74. The maximum Gasteiger partial charge on any atom is 0.255 e. The molecule has 2 aliphatic heterocycles. The number of hydrogen-bond acceptors (Lipinski definition) is 13. The van der Waals surface area contributed by atoms with Crippen molar-refractivity contribution in [2.24, 2.45) is 11.8 Å². The van der Waals surface area contributed by atoms with Crippen LogP contribution in [0.15, 0.2) is 97.8 Å². The summed E-state index contributed by atoms with van der Waals surface area (Å²) in [6.45, 7) is 12.6. The van der Waals surface area contributed by atoms with Crippen molar-refractivity contribution in [2.45, 2.75) is 58.3 Å². The Labute approximate surface area is 415 Å². The summed E-state index contributed by atoms with van der Waals surface area (Å²) >= 11 is 0. The first-order chi connectivity index (χ1) is 34.7. The van der Waals surface area contributed by atoms with Crippen LogP contribution >= 0.6 is 0 Å². The van der Waals surface area contributed by atoms with Gasteiger partial charge in [0.1, 0.15) is 41.2 Å². The van der Waals surface area contributed by atoms with E-state index in [9.17, 15) is 19.2 Å². The van der Waals surface area contributed by atoms with Crippen LogP contribution in [-0.2, 0) is 21.1 Å². The summed E-state index contributed by atoms with van der Waals surface area (Å²) in [5, 5.41) is 27.4. The van der Waals surface area contributed by atoms with Crippen molar-refractivity contribution in [3.8, 4) is 34.9 Å². The third kappa shape index (κ3) is 10.2. The lowest BCUT2D eigenvalue weighted by Gasteiger charge is -2.37.